The maximum absolute atomic E-state index is 12.0. The molecule has 0 bridgehead atoms. The highest BCUT2D eigenvalue weighted by Crippen LogP contribution is 2.14. The number of hydrogen-bond acceptors (Lipinski definition) is 4. The average molecular weight is 382 g/mol. The van der Waals surface area contributed by atoms with E-state index < -0.39 is 0 Å². The summed E-state index contributed by atoms with van der Waals surface area (Å²) >= 11 is 1.29. The third-order valence-corrected chi connectivity index (χ3v) is 5.02. The predicted octanol–water partition coefficient (Wildman–Crippen LogP) is 2.87. The van der Waals surface area contributed by atoms with Gasteiger partial charge in [-0.25, -0.2) is 4.98 Å². The van der Waals surface area contributed by atoms with Crippen LogP contribution in [-0.2, 0) is 23.2 Å². The molecule has 140 valence electrons. The van der Waals surface area contributed by atoms with E-state index in [0.717, 1.165) is 28.1 Å². The third-order valence-electron chi connectivity index (χ3n) is 4.09. The lowest BCUT2D eigenvalue weighted by Gasteiger charge is -2.07. The number of fused-ring (bicyclic) bond motifs is 1. The molecule has 6 nitrogen and oxygen atoms in total. The molecule has 0 atom stereocenters. The van der Waals surface area contributed by atoms with E-state index in [2.05, 4.69) is 15.6 Å². The molecule has 1 heterocycles. The minimum Gasteiger partial charge on any atom is -0.348 e. The molecule has 0 aliphatic heterocycles. The lowest BCUT2D eigenvalue weighted by molar-refractivity contribution is -0.118. The molecule has 0 spiro atoms. The Bertz CT molecular complexity index is 968. The monoisotopic (exact) mass is 382 g/mol. The summed E-state index contributed by atoms with van der Waals surface area (Å²) in [7, 11) is 1.93. The number of aromatic nitrogens is 2. The summed E-state index contributed by atoms with van der Waals surface area (Å²) in [4.78, 5) is 28.5. The fraction of sp³-hybridized carbons (Fsp3) is 0.250. The molecule has 0 saturated carbocycles. The van der Waals surface area contributed by atoms with Crippen LogP contribution in [-0.4, -0.2) is 32.9 Å². The number of amides is 2. The largest absolute Gasteiger partial charge is 0.348 e. The van der Waals surface area contributed by atoms with Crippen molar-refractivity contribution in [2.75, 3.05) is 16.8 Å². The number of nitrogens with one attached hydrogen (secondary N) is 2. The van der Waals surface area contributed by atoms with Gasteiger partial charge in [-0.1, -0.05) is 24.3 Å². The first-order valence-electron chi connectivity index (χ1n) is 8.64. The van der Waals surface area contributed by atoms with Crippen LogP contribution in [0.1, 0.15) is 11.4 Å². The lowest BCUT2D eigenvalue weighted by Crippen LogP contribution is -2.26. The maximum atomic E-state index is 12.0. The minimum atomic E-state index is -0.117. The highest BCUT2D eigenvalue weighted by Gasteiger charge is 2.10. The quantitative estimate of drug-likeness (QED) is 0.659. The Labute approximate surface area is 162 Å². The molecule has 2 aromatic carbocycles. The van der Waals surface area contributed by atoms with Crippen molar-refractivity contribution in [1.29, 1.82) is 0 Å². The van der Waals surface area contributed by atoms with Gasteiger partial charge in [-0.2, -0.15) is 0 Å². The number of imidazole rings is 1. The fourth-order valence-electron chi connectivity index (χ4n) is 2.74. The first-order chi connectivity index (χ1) is 13.0. The number of rotatable bonds is 7. The number of benzene rings is 2. The minimum absolute atomic E-state index is 0.115. The number of carbonyl (C=O) groups excluding carboxylic acids is 2. The van der Waals surface area contributed by atoms with E-state index in [4.69, 9.17) is 0 Å². The molecule has 0 unspecified atom stereocenters. The van der Waals surface area contributed by atoms with Crippen LogP contribution in [0.3, 0.4) is 0 Å². The van der Waals surface area contributed by atoms with Gasteiger partial charge in [-0.05, 0) is 36.8 Å². The Morgan fingerprint density at radius 1 is 1.07 bits per heavy atom. The highest BCUT2D eigenvalue weighted by atomic mass is 32.2. The molecule has 2 N–H and O–H groups in total. The van der Waals surface area contributed by atoms with Crippen LogP contribution < -0.4 is 10.6 Å². The molecule has 0 fully saturated rings. The van der Waals surface area contributed by atoms with Gasteiger partial charge in [0.25, 0.3) is 0 Å². The molecule has 0 aliphatic rings. The van der Waals surface area contributed by atoms with Gasteiger partial charge in [0.1, 0.15) is 5.82 Å². The van der Waals surface area contributed by atoms with Gasteiger partial charge < -0.3 is 15.2 Å². The highest BCUT2D eigenvalue weighted by molar-refractivity contribution is 8.00. The predicted molar refractivity (Wildman–Crippen MR) is 110 cm³/mol. The van der Waals surface area contributed by atoms with Gasteiger partial charge in [0.2, 0.25) is 11.8 Å². The van der Waals surface area contributed by atoms with Crippen LogP contribution >= 0.6 is 11.8 Å². The SMILES string of the molecule is Cc1cccc(NC(=O)CSCC(=O)NCc2nc3ccccc3n2C)c1. The summed E-state index contributed by atoms with van der Waals surface area (Å²) in [5.74, 6) is 1.02. The Balaban J connectivity index is 1.41. The van der Waals surface area contributed by atoms with E-state index in [1.807, 2.05) is 67.1 Å². The normalized spacial score (nSPS) is 10.7. The summed E-state index contributed by atoms with van der Waals surface area (Å²) in [6.45, 7) is 2.33. The Morgan fingerprint density at radius 2 is 1.85 bits per heavy atom. The van der Waals surface area contributed by atoms with Gasteiger partial charge in [-0.15, -0.1) is 11.8 Å². The number of para-hydroxylation sites is 2. The summed E-state index contributed by atoms with van der Waals surface area (Å²) in [5, 5.41) is 5.69. The number of thioether (sulfide) groups is 1. The standard InChI is InChI=1S/C20H22N4O2S/c1-14-6-5-7-15(10-14)22-20(26)13-27-12-19(25)21-11-18-23-16-8-3-4-9-17(16)24(18)2/h3-10H,11-13H2,1-2H3,(H,21,25)(H,22,26). The summed E-state index contributed by atoms with van der Waals surface area (Å²) in [6.07, 6.45) is 0. The topological polar surface area (TPSA) is 76.0 Å². The maximum Gasteiger partial charge on any atom is 0.234 e. The van der Waals surface area contributed by atoms with Crippen molar-refractivity contribution in [3.05, 3.63) is 59.9 Å². The number of aryl methyl sites for hydroxylation is 2. The second-order valence-electron chi connectivity index (χ2n) is 6.26. The number of hydrogen-bond donors (Lipinski definition) is 2. The first-order valence-corrected chi connectivity index (χ1v) is 9.79. The summed E-state index contributed by atoms with van der Waals surface area (Å²) in [6, 6.07) is 15.5. The van der Waals surface area contributed by atoms with Gasteiger partial charge in [0.05, 0.1) is 29.1 Å². The second-order valence-corrected chi connectivity index (χ2v) is 7.25. The number of nitrogens with zero attached hydrogens (tertiary/aromatic N) is 2. The molecule has 0 aliphatic carbocycles. The molecular weight excluding hydrogens is 360 g/mol. The molecular formula is C20H22N4O2S. The van der Waals surface area contributed by atoms with Gasteiger partial charge in [0.15, 0.2) is 0 Å². The fourth-order valence-corrected chi connectivity index (χ4v) is 3.39. The molecule has 2 amide bonds. The third kappa shape index (κ3) is 5.10. The van der Waals surface area contributed by atoms with E-state index >= 15 is 0 Å². The molecule has 0 saturated heterocycles. The van der Waals surface area contributed by atoms with Crippen molar-refractivity contribution < 1.29 is 9.59 Å². The summed E-state index contributed by atoms with van der Waals surface area (Å²) in [5.41, 5.74) is 3.80. The van der Waals surface area contributed by atoms with E-state index in [-0.39, 0.29) is 23.3 Å². The van der Waals surface area contributed by atoms with E-state index in [1.165, 1.54) is 11.8 Å². The molecule has 27 heavy (non-hydrogen) atoms. The van der Waals surface area contributed by atoms with Crippen LogP contribution in [0.5, 0.6) is 0 Å². The Hall–Kier alpha value is -2.80. The van der Waals surface area contributed by atoms with Crippen LogP contribution in [0.15, 0.2) is 48.5 Å². The molecule has 1 aromatic heterocycles. The Morgan fingerprint density at radius 3 is 2.63 bits per heavy atom. The van der Waals surface area contributed by atoms with Gasteiger partial charge in [-0.3, -0.25) is 9.59 Å². The number of carbonyl (C=O) groups is 2. The van der Waals surface area contributed by atoms with Crippen molar-refractivity contribution in [2.24, 2.45) is 7.05 Å². The average Bonchev–Trinajstić information content (AvgIpc) is 2.96. The van der Waals surface area contributed by atoms with Crippen LogP contribution in [0.2, 0.25) is 0 Å². The summed E-state index contributed by atoms with van der Waals surface area (Å²) < 4.78 is 1.97. The zero-order chi connectivity index (χ0) is 19.2. The van der Waals surface area contributed by atoms with E-state index in [9.17, 15) is 9.59 Å². The van der Waals surface area contributed by atoms with Gasteiger partial charge >= 0.3 is 0 Å². The number of anilines is 1. The van der Waals surface area contributed by atoms with E-state index in [1.54, 1.807) is 0 Å². The van der Waals surface area contributed by atoms with Crippen LogP contribution in [0, 0.1) is 6.92 Å². The van der Waals surface area contributed by atoms with Crippen molar-refractivity contribution in [3.63, 3.8) is 0 Å². The molecule has 3 rings (SSSR count). The van der Waals surface area contributed by atoms with Crippen molar-refractivity contribution in [3.8, 4) is 0 Å². The van der Waals surface area contributed by atoms with Crippen molar-refractivity contribution in [2.45, 2.75) is 13.5 Å². The smallest absolute Gasteiger partial charge is 0.234 e. The molecule has 7 heteroatoms. The van der Waals surface area contributed by atoms with E-state index in [0.29, 0.717) is 6.54 Å². The molecule has 0 radical (unpaired) electrons. The zero-order valence-corrected chi connectivity index (χ0v) is 16.2. The first kappa shape index (κ1) is 19.0. The lowest BCUT2D eigenvalue weighted by atomic mass is 10.2. The molecule has 3 aromatic rings. The van der Waals surface area contributed by atoms with Crippen molar-refractivity contribution in [1.82, 2.24) is 14.9 Å². The van der Waals surface area contributed by atoms with Crippen LogP contribution in [0.25, 0.3) is 11.0 Å². The zero-order valence-electron chi connectivity index (χ0n) is 15.4. The van der Waals surface area contributed by atoms with Gasteiger partial charge in [0, 0.05) is 12.7 Å². The van der Waals surface area contributed by atoms with Crippen LogP contribution in [0.4, 0.5) is 5.69 Å². The van der Waals surface area contributed by atoms with Crippen molar-refractivity contribution >= 4 is 40.3 Å². The second kappa shape index (κ2) is 8.73. The Kier molecular flexibility index (Phi) is 6.13.